The minimum atomic E-state index is -3.19. The normalized spacial score (nSPS) is 30.3. The van der Waals surface area contributed by atoms with Gasteiger partial charge in [0.2, 0.25) is 0 Å². The van der Waals surface area contributed by atoms with Gasteiger partial charge in [0.25, 0.3) is 0 Å². The fourth-order valence-corrected chi connectivity index (χ4v) is 4.78. The second-order valence-electron chi connectivity index (χ2n) is 5.03. The summed E-state index contributed by atoms with van der Waals surface area (Å²) < 4.78 is 30.1. The minimum absolute atomic E-state index is 0.192. The summed E-state index contributed by atoms with van der Waals surface area (Å²) in [4.78, 5) is 0. The van der Waals surface area contributed by atoms with Gasteiger partial charge < -0.3 is 10.5 Å². The van der Waals surface area contributed by atoms with Crippen LogP contribution in [0, 0.1) is 0 Å². The molecule has 1 aromatic rings. The van der Waals surface area contributed by atoms with E-state index in [1.165, 1.54) is 6.26 Å². The topological polar surface area (TPSA) is 69.4 Å². The molecule has 0 aliphatic heterocycles. The Morgan fingerprint density at radius 3 is 2.42 bits per heavy atom. The fraction of sp³-hybridized carbons (Fsp3) is 0.538. The van der Waals surface area contributed by atoms with Crippen molar-refractivity contribution >= 4 is 25.8 Å². The Morgan fingerprint density at radius 2 is 1.95 bits per heavy atom. The predicted molar refractivity (Wildman–Crippen MR) is 78.9 cm³/mol. The van der Waals surface area contributed by atoms with Crippen molar-refractivity contribution in [2.24, 2.45) is 5.73 Å². The number of rotatable bonds is 5. The third-order valence-corrected chi connectivity index (χ3v) is 5.71. The van der Waals surface area contributed by atoms with E-state index >= 15 is 0 Å². The van der Waals surface area contributed by atoms with Crippen molar-refractivity contribution in [2.75, 3.05) is 19.5 Å². The van der Waals surface area contributed by atoms with Crippen molar-refractivity contribution in [1.29, 1.82) is 0 Å². The van der Waals surface area contributed by atoms with Crippen LogP contribution < -0.4 is 5.73 Å². The van der Waals surface area contributed by atoms with E-state index in [-0.39, 0.29) is 12.5 Å². The zero-order valence-corrected chi connectivity index (χ0v) is 13.4. The molecule has 1 aromatic carbocycles. The van der Waals surface area contributed by atoms with Gasteiger partial charge >= 0.3 is 0 Å². The van der Waals surface area contributed by atoms with Gasteiger partial charge in [0, 0.05) is 23.3 Å². The fourth-order valence-electron chi connectivity index (χ4n) is 2.67. The van der Waals surface area contributed by atoms with Crippen molar-refractivity contribution in [3.63, 3.8) is 0 Å². The molecule has 0 unspecified atom stereocenters. The molecule has 1 aliphatic carbocycles. The average molecular weight is 348 g/mol. The first-order valence-electron chi connectivity index (χ1n) is 6.11. The van der Waals surface area contributed by atoms with Gasteiger partial charge in [-0.25, -0.2) is 8.42 Å². The first-order valence-corrected chi connectivity index (χ1v) is 8.86. The molecule has 0 amide bonds. The van der Waals surface area contributed by atoms with Crippen LogP contribution in [0.1, 0.15) is 18.4 Å². The second-order valence-corrected chi connectivity index (χ2v) is 8.11. The van der Waals surface area contributed by atoms with E-state index in [9.17, 15) is 8.42 Å². The molecule has 106 valence electrons. The van der Waals surface area contributed by atoms with Crippen LogP contribution in [0.5, 0.6) is 0 Å². The lowest BCUT2D eigenvalue weighted by Gasteiger charge is -2.11. The van der Waals surface area contributed by atoms with Gasteiger partial charge in [-0.05, 0) is 24.6 Å². The average Bonchev–Trinajstić information content (AvgIpc) is 2.95. The van der Waals surface area contributed by atoms with Gasteiger partial charge in [-0.15, -0.1) is 0 Å². The Morgan fingerprint density at radius 1 is 1.37 bits per heavy atom. The standard InChI is InChI=1S/C13H18BrNO3S/c1-3-18-8-13(15)11(12(13)19(2,16)17)9-4-6-10(14)7-5-9/h4-7,11-12H,3,8,15H2,1-2H3/t11-,12+,13-/m1/s1. The third-order valence-electron chi connectivity index (χ3n) is 3.55. The monoisotopic (exact) mass is 347 g/mol. The number of hydrogen-bond donors (Lipinski definition) is 1. The van der Waals surface area contributed by atoms with Gasteiger partial charge in [0.1, 0.15) is 0 Å². The van der Waals surface area contributed by atoms with Crippen LogP contribution in [0.25, 0.3) is 0 Å². The Balaban J connectivity index is 2.30. The Hall–Kier alpha value is -0.430. The molecule has 0 radical (unpaired) electrons. The molecule has 19 heavy (non-hydrogen) atoms. The lowest BCUT2D eigenvalue weighted by atomic mass is 10.1. The summed E-state index contributed by atoms with van der Waals surface area (Å²) >= 11 is 3.37. The Kier molecular flexibility index (Phi) is 4.07. The maximum absolute atomic E-state index is 11.9. The number of hydrogen-bond acceptors (Lipinski definition) is 4. The van der Waals surface area contributed by atoms with Crippen LogP contribution >= 0.6 is 15.9 Å². The van der Waals surface area contributed by atoms with Crippen molar-refractivity contribution < 1.29 is 13.2 Å². The van der Waals surface area contributed by atoms with E-state index in [1.807, 2.05) is 31.2 Å². The van der Waals surface area contributed by atoms with E-state index in [0.717, 1.165) is 10.0 Å². The summed E-state index contributed by atoms with van der Waals surface area (Å²) in [6, 6.07) is 7.61. The zero-order chi connectivity index (χ0) is 14.3. The van der Waals surface area contributed by atoms with Crippen molar-refractivity contribution in [3.05, 3.63) is 34.3 Å². The molecule has 6 heteroatoms. The van der Waals surface area contributed by atoms with Gasteiger partial charge in [-0.3, -0.25) is 0 Å². The quantitative estimate of drug-likeness (QED) is 0.879. The van der Waals surface area contributed by atoms with Crippen molar-refractivity contribution in [1.82, 2.24) is 0 Å². The summed E-state index contributed by atoms with van der Waals surface area (Å²) in [5.74, 6) is -0.192. The van der Waals surface area contributed by atoms with E-state index in [4.69, 9.17) is 10.5 Å². The lowest BCUT2D eigenvalue weighted by molar-refractivity contribution is 0.125. The summed E-state index contributed by atoms with van der Waals surface area (Å²) in [5, 5.41) is -0.562. The predicted octanol–water partition coefficient (Wildman–Crippen LogP) is 1.69. The number of halogens is 1. The van der Waals surface area contributed by atoms with Crippen molar-refractivity contribution in [3.8, 4) is 0 Å². The van der Waals surface area contributed by atoms with Gasteiger partial charge in [-0.2, -0.15) is 0 Å². The van der Waals surface area contributed by atoms with Gasteiger partial charge in [0.15, 0.2) is 9.84 Å². The van der Waals surface area contributed by atoms with Gasteiger partial charge in [0.05, 0.1) is 17.4 Å². The largest absolute Gasteiger partial charge is 0.380 e. The molecule has 0 heterocycles. The van der Waals surface area contributed by atoms with Crippen LogP contribution in [-0.2, 0) is 14.6 Å². The molecule has 2 rings (SSSR count). The molecule has 3 atom stereocenters. The van der Waals surface area contributed by atoms with E-state index in [0.29, 0.717) is 6.61 Å². The zero-order valence-electron chi connectivity index (χ0n) is 11.0. The number of sulfone groups is 1. The summed E-state index contributed by atoms with van der Waals surface area (Å²) in [6.07, 6.45) is 1.24. The highest BCUT2D eigenvalue weighted by atomic mass is 79.9. The molecular formula is C13H18BrNO3S. The maximum Gasteiger partial charge on any atom is 0.152 e. The summed E-state index contributed by atoms with van der Waals surface area (Å²) in [7, 11) is -3.19. The first kappa shape index (κ1) is 15.0. The number of benzene rings is 1. The third kappa shape index (κ3) is 2.86. The molecule has 4 nitrogen and oxygen atoms in total. The molecule has 2 N–H and O–H groups in total. The highest BCUT2D eigenvalue weighted by Gasteiger charge is 2.67. The van der Waals surface area contributed by atoms with Crippen LogP contribution in [0.4, 0.5) is 0 Å². The molecule has 0 bridgehead atoms. The van der Waals surface area contributed by atoms with Crippen LogP contribution in [0.2, 0.25) is 0 Å². The smallest absolute Gasteiger partial charge is 0.152 e. The van der Waals surface area contributed by atoms with E-state index in [2.05, 4.69) is 15.9 Å². The molecule has 1 fully saturated rings. The molecule has 1 saturated carbocycles. The van der Waals surface area contributed by atoms with Crippen LogP contribution in [-0.4, -0.2) is 38.7 Å². The molecule has 0 aromatic heterocycles. The number of nitrogens with two attached hydrogens (primary N) is 1. The van der Waals surface area contributed by atoms with E-state index in [1.54, 1.807) is 0 Å². The van der Waals surface area contributed by atoms with Crippen molar-refractivity contribution in [2.45, 2.75) is 23.6 Å². The highest BCUT2D eigenvalue weighted by Crippen LogP contribution is 2.54. The lowest BCUT2D eigenvalue weighted by Crippen LogP contribution is -2.36. The minimum Gasteiger partial charge on any atom is -0.380 e. The molecule has 0 saturated heterocycles. The van der Waals surface area contributed by atoms with E-state index < -0.39 is 20.6 Å². The second kappa shape index (κ2) is 5.16. The maximum atomic E-state index is 11.9. The SMILES string of the molecule is CCOC[C@@]1(N)[C@H](c2ccc(Br)cc2)[C@@H]1S(C)(=O)=O. The van der Waals surface area contributed by atoms with Crippen LogP contribution in [0.15, 0.2) is 28.7 Å². The Labute approximate surface area is 122 Å². The summed E-state index contributed by atoms with van der Waals surface area (Å²) in [5.41, 5.74) is 6.40. The Bertz CT molecular complexity index is 558. The van der Waals surface area contributed by atoms with Crippen LogP contribution in [0.3, 0.4) is 0 Å². The summed E-state index contributed by atoms with van der Waals surface area (Å²) in [6.45, 7) is 2.67. The highest BCUT2D eigenvalue weighted by molar-refractivity contribution is 9.10. The number of ether oxygens (including phenoxy) is 1. The molecule has 0 spiro atoms. The van der Waals surface area contributed by atoms with Gasteiger partial charge in [-0.1, -0.05) is 28.1 Å². The molecule has 1 aliphatic rings. The molecular weight excluding hydrogens is 330 g/mol. The first-order chi connectivity index (χ1) is 8.80.